The molecule has 0 aliphatic rings. The number of nitrogens with two attached hydrogens (primary N) is 1. The van der Waals surface area contributed by atoms with Gasteiger partial charge in [-0.25, -0.2) is 14.4 Å². The SMILES string of the molecule is COc1cc2ncnc(Nc3ccc(OCc4cccc(F)c4)c(Cl)c3)c2cc1-c1ccc(CNCCCC(N)=O)o1. The van der Waals surface area contributed by atoms with Gasteiger partial charge in [-0.05, 0) is 67.1 Å². The largest absolute Gasteiger partial charge is 0.496 e. The molecule has 5 rings (SSSR count). The Morgan fingerprint density at radius 3 is 2.74 bits per heavy atom. The van der Waals surface area contributed by atoms with Gasteiger partial charge in [0, 0.05) is 23.6 Å². The summed E-state index contributed by atoms with van der Waals surface area (Å²) in [7, 11) is 1.59. The quantitative estimate of drug-likeness (QED) is 0.135. The second kappa shape index (κ2) is 13.3. The molecule has 1 amide bonds. The molecule has 0 fully saturated rings. The molecule has 0 radical (unpaired) electrons. The maximum Gasteiger partial charge on any atom is 0.217 e. The number of hydrogen-bond acceptors (Lipinski definition) is 8. The fourth-order valence-electron chi connectivity index (χ4n) is 4.38. The predicted molar refractivity (Wildman–Crippen MR) is 159 cm³/mol. The van der Waals surface area contributed by atoms with E-state index in [0.29, 0.717) is 70.8 Å². The van der Waals surface area contributed by atoms with Gasteiger partial charge >= 0.3 is 0 Å². The van der Waals surface area contributed by atoms with Crippen molar-refractivity contribution >= 4 is 39.9 Å². The first-order valence-corrected chi connectivity index (χ1v) is 13.6. The van der Waals surface area contributed by atoms with Crippen molar-refractivity contribution < 1.29 is 23.1 Å². The number of methoxy groups -OCH3 is 1. The van der Waals surface area contributed by atoms with Crippen LogP contribution in [0.5, 0.6) is 11.5 Å². The molecule has 3 aromatic carbocycles. The van der Waals surface area contributed by atoms with Gasteiger partial charge in [0.25, 0.3) is 0 Å². The average molecular weight is 590 g/mol. The molecule has 5 aromatic rings. The van der Waals surface area contributed by atoms with Crippen LogP contribution in [0, 0.1) is 5.82 Å². The van der Waals surface area contributed by atoms with E-state index in [1.54, 1.807) is 31.4 Å². The third-order valence-corrected chi connectivity index (χ3v) is 6.73. The fourth-order valence-corrected chi connectivity index (χ4v) is 4.62. The zero-order chi connectivity index (χ0) is 29.5. The molecular formula is C31H29ClFN5O4. The van der Waals surface area contributed by atoms with Crippen LogP contribution >= 0.6 is 11.6 Å². The Hall–Kier alpha value is -4.67. The van der Waals surface area contributed by atoms with Gasteiger partial charge in [0.05, 0.1) is 29.8 Å². The number of hydrogen-bond donors (Lipinski definition) is 3. The first-order chi connectivity index (χ1) is 20.4. The zero-order valence-electron chi connectivity index (χ0n) is 22.8. The van der Waals surface area contributed by atoms with Crippen molar-refractivity contribution in [1.29, 1.82) is 0 Å². The van der Waals surface area contributed by atoms with Crippen LogP contribution in [0.4, 0.5) is 15.9 Å². The summed E-state index contributed by atoms with van der Waals surface area (Å²) in [6.07, 6.45) is 2.47. The number of amides is 1. The topological polar surface area (TPSA) is 125 Å². The molecule has 42 heavy (non-hydrogen) atoms. The van der Waals surface area contributed by atoms with E-state index >= 15 is 0 Å². The second-order valence-electron chi connectivity index (χ2n) is 9.49. The van der Waals surface area contributed by atoms with Crippen molar-refractivity contribution in [2.45, 2.75) is 26.0 Å². The van der Waals surface area contributed by atoms with Crippen LogP contribution in [0.1, 0.15) is 24.2 Å². The van der Waals surface area contributed by atoms with E-state index in [2.05, 4.69) is 20.6 Å². The van der Waals surface area contributed by atoms with E-state index in [4.69, 9.17) is 31.2 Å². The zero-order valence-corrected chi connectivity index (χ0v) is 23.6. The third-order valence-electron chi connectivity index (χ3n) is 6.44. The standard InChI is InChI=1S/C31H29ClFN5O4/c1-40-29-15-26-23(14-24(29)27-10-8-22(42-27)16-35-11-3-6-30(34)39)31(37-18-36-26)38-21-7-9-28(25(32)13-21)41-17-19-4-2-5-20(33)12-19/h2,4-5,7-10,12-15,18,35H,3,6,11,16-17H2,1H3,(H2,34,39)(H,36,37,38). The van der Waals surface area contributed by atoms with Gasteiger partial charge < -0.3 is 30.3 Å². The summed E-state index contributed by atoms with van der Waals surface area (Å²) in [5.41, 5.74) is 8.00. The Kier molecular flexibility index (Phi) is 9.15. The van der Waals surface area contributed by atoms with Crippen LogP contribution in [0.25, 0.3) is 22.2 Å². The molecule has 4 N–H and O–H groups in total. The number of aromatic nitrogens is 2. The number of benzene rings is 3. The normalized spacial score (nSPS) is 11.0. The number of carbonyl (C=O) groups is 1. The number of carbonyl (C=O) groups excluding carboxylic acids is 1. The smallest absolute Gasteiger partial charge is 0.217 e. The number of rotatable bonds is 13. The summed E-state index contributed by atoms with van der Waals surface area (Å²) in [6.45, 7) is 1.34. The molecule has 2 aromatic heterocycles. The van der Waals surface area contributed by atoms with Crippen LogP contribution in [0.15, 0.2) is 77.5 Å². The minimum Gasteiger partial charge on any atom is -0.496 e. The molecular weight excluding hydrogens is 561 g/mol. The van der Waals surface area contributed by atoms with Gasteiger partial charge in [0.15, 0.2) is 0 Å². The Morgan fingerprint density at radius 2 is 1.95 bits per heavy atom. The van der Waals surface area contributed by atoms with Crippen LogP contribution in [-0.2, 0) is 17.9 Å². The van der Waals surface area contributed by atoms with Crippen LogP contribution in [0.2, 0.25) is 5.02 Å². The first-order valence-electron chi connectivity index (χ1n) is 13.2. The van der Waals surface area contributed by atoms with Crippen molar-refractivity contribution in [1.82, 2.24) is 15.3 Å². The summed E-state index contributed by atoms with van der Waals surface area (Å²) in [5.74, 6) is 2.37. The van der Waals surface area contributed by atoms with Crippen LogP contribution < -0.4 is 25.8 Å². The molecule has 0 aliphatic heterocycles. The summed E-state index contributed by atoms with van der Waals surface area (Å²) in [4.78, 5) is 19.8. The molecule has 0 saturated heterocycles. The number of primary amides is 1. The number of fused-ring (bicyclic) bond motifs is 1. The highest BCUT2D eigenvalue weighted by Gasteiger charge is 2.16. The minimum atomic E-state index is -0.321. The molecule has 0 unspecified atom stereocenters. The van der Waals surface area contributed by atoms with Crippen molar-refractivity contribution in [3.8, 4) is 22.8 Å². The van der Waals surface area contributed by atoms with Gasteiger partial charge in [-0.15, -0.1) is 0 Å². The maximum absolute atomic E-state index is 13.5. The summed E-state index contributed by atoms with van der Waals surface area (Å²) in [6, 6.07) is 19.0. The summed E-state index contributed by atoms with van der Waals surface area (Å²) >= 11 is 6.50. The lowest BCUT2D eigenvalue weighted by Gasteiger charge is -2.13. The van der Waals surface area contributed by atoms with E-state index in [1.807, 2.05) is 30.3 Å². The Balaban J connectivity index is 1.33. The van der Waals surface area contributed by atoms with Crippen LogP contribution in [0.3, 0.4) is 0 Å². The van der Waals surface area contributed by atoms with Crippen molar-refractivity contribution in [2.24, 2.45) is 5.73 Å². The number of nitrogens with one attached hydrogen (secondary N) is 2. The second-order valence-corrected chi connectivity index (χ2v) is 9.90. The van der Waals surface area contributed by atoms with Crippen molar-refractivity contribution in [3.05, 3.63) is 95.2 Å². The monoisotopic (exact) mass is 589 g/mol. The van der Waals surface area contributed by atoms with E-state index in [9.17, 15) is 9.18 Å². The summed E-state index contributed by atoms with van der Waals surface area (Å²) in [5, 5.41) is 7.70. The van der Waals surface area contributed by atoms with Gasteiger partial charge in [-0.2, -0.15) is 0 Å². The van der Waals surface area contributed by atoms with Gasteiger partial charge in [-0.3, -0.25) is 4.79 Å². The van der Waals surface area contributed by atoms with E-state index < -0.39 is 0 Å². The van der Waals surface area contributed by atoms with E-state index in [0.717, 1.165) is 16.7 Å². The molecule has 0 bridgehead atoms. The lowest BCUT2D eigenvalue weighted by atomic mass is 10.1. The van der Waals surface area contributed by atoms with Gasteiger partial charge in [0.1, 0.15) is 47.6 Å². The molecule has 0 spiro atoms. The Labute approximate surface area is 246 Å². The predicted octanol–water partition coefficient (Wildman–Crippen LogP) is 6.37. The first kappa shape index (κ1) is 28.8. The van der Waals surface area contributed by atoms with Gasteiger partial charge in [-0.1, -0.05) is 23.7 Å². The number of nitrogens with zero attached hydrogens (tertiary/aromatic N) is 2. The molecule has 216 valence electrons. The van der Waals surface area contributed by atoms with E-state index in [-0.39, 0.29) is 18.3 Å². The fraction of sp³-hybridized carbons (Fsp3) is 0.194. The highest BCUT2D eigenvalue weighted by molar-refractivity contribution is 6.32. The Morgan fingerprint density at radius 1 is 1.07 bits per heavy atom. The number of halogens is 2. The van der Waals surface area contributed by atoms with Crippen molar-refractivity contribution in [2.75, 3.05) is 19.0 Å². The highest BCUT2D eigenvalue weighted by Crippen LogP contribution is 2.37. The lowest BCUT2D eigenvalue weighted by Crippen LogP contribution is -2.17. The van der Waals surface area contributed by atoms with E-state index in [1.165, 1.54) is 18.5 Å². The molecule has 11 heteroatoms. The van der Waals surface area contributed by atoms with Crippen LogP contribution in [-0.4, -0.2) is 29.5 Å². The number of furan rings is 1. The third kappa shape index (κ3) is 7.15. The molecule has 9 nitrogen and oxygen atoms in total. The Bertz CT molecular complexity index is 1710. The molecule has 0 saturated carbocycles. The lowest BCUT2D eigenvalue weighted by molar-refractivity contribution is -0.118. The average Bonchev–Trinajstić information content (AvgIpc) is 3.45. The van der Waals surface area contributed by atoms with Crippen molar-refractivity contribution in [3.63, 3.8) is 0 Å². The number of ether oxygens (including phenoxy) is 2. The molecule has 0 aliphatic carbocycles. The maximum atomic E-state index is 13.5. The summed E-state index contributed by atoms with van der Waals surface area (Å²) < 4.78 is 31.0. The minimum absolute atomic E-state index is 0.186. The highest BCUT2D eigenvalue weighted by atomic mass is 35.5. The molecule has 2 heterocycles. The number of anilines is 2. The molecule has 0 atom stereocenters. The van der Waals surface area contributed by atoms with Gasteiger partial charge in [0.2, 0.25) is 5.91 Å².